The molecule has 1 aliphatic carbocycles. The molecule has 1 aromatic carbocycles. The SMILES string of the molecule is Cn1ccc(-c2nc(N)c(C(=O)NC(C)(C)c3ncccc3C3CC3)nc2-c2ccc3ncccc3c2)n1. The van der Waals surface area contributed by atoms with Crippen LogP contribution in [0.25, 0.3) is 33.5 Å². The lowest BCUT2D eigenvalue weighted by Gasteiger charge is -2.28. The number of aryl methyl sites for hydroxylation is 1. The first-order valence-corrected chi connectivity index (χ1v) is 12.6. The maximum atomic E-state index is 13.6. The molecule has 0 atom stereocenters. The summed E-state index contributed by atoms with van der Waals surface area (Å²) in [6.45, 7) is 3.89. The minimum Gasteiger partial charge on any atom is -0.382 e. The summed E-state index contributed by atoms with van der Waals surface area (Å²) in [7, 11) is 1.83. The highest BCUT2D eigenvalue weighted by molar-refractivity contribution is 5.98. The molecule has 190 valence electrons. The average molecular weight is 505 g/mol. The summed E-state index contributed by atoms with van der Waals surface area (Å²) in [5.41, 5.74) is 11.0. The van der Waals surface area contributed by atoms with Crippen molar-refractivity contribution in [1.29, 1.82) is 0 Å². The van der Waals surface area contributed by atoms with Gasteiger partial charge < -0.3 is 11.1 Å². The molecule has 0 spiro atoms. The van der Waals surface area contributed by atoms with E-state index in [0.717, 1.165) is 35.0 Å². The maximum Gasteiger partial charge on any atom is 0.274 e. The van der Waals surface area contributed by atoms with Crippen LogP contribution in [0.2, 0.25) is 0 Å². The number of benzene rings is 1. The topological polar surface area (TPSA) is 124 Å². The number of nitrogens with two attached hydrogens (primary N) is 1. The number of pyridine rings is 2. The Morgan fingerprint density at radius 2 is 1.82 bits per heavy atom. The van der Waals surface area contributed by atoms with Crippen LogP contribution >= 0.6 is 0 Å². The zero-order valence-electron chi connectivity index (χ0n) is 21.5. The van der Waals surface area contributed by atoms with Gasteiger partial charge in [-0.15, -0.1) is 0 Å². The Kier molecular flexibility index (Phi) is 5.63. The normalized spacial score (nSPS) is 13.6. The number of carbonyl (C=O) groups is 1. The third-order valence-electron chi connectivity index (χ3n) is 6.84. The van der Waals surface area contributed by atoms with E-state index in [1.807, 2.05) is 69.6 Å². The van der Waals surface area contributed by atoms with Crippen molar-refractivity contribution in [2.24, 2.45) is 7.05 Å². The standard InChI is InChI=1S/C29H28N8O/c1-29(2,26-20(17-8-9-17)7-5-14-32-26)35-28(38)25-27(30)34-24(22-12-15-37(3)36-22)23(33-25)19-10-11-21-18(16-19)6-4-13-31-21/h4-7,10-17H,8-9H2,1-3H3,(H2,30,34)(H,35,38). The highest BCUT2D eigenvalue weighted by atomic mass is 16.2. The number of anilines is 1. The summed E-state index contributed by atoms with van der Waals surface area (Å²) in [5, 5.41) is 8.57. The van der Waals surface area contributed by atoms with Gasteiger partial charge in [-0.05, 0) is 68.5 Å². The molecule has 1 aliphatic rings. The largest absolute Gasteiger partial charge is 0.382 e. The molecule has 38 heavy (non-hydrogen) atoms. The van der Waals surface area contributed by atoms with Crippen LogP contribution in [0.3, 0.4) is 0 Å². The number of aromatic nitrogens is 6. The van der Waals surface area contributed by atoms with Crippen LogP contribution in [-0.4, -0.2) is 35.6 Å². The molecule has 6 rings (SSSR count). The van der Waals surface area contributed by atoms with Crippen molar-refractivity contribution >= 4 is 22.6 Å². The van der Waals surface area contributed by atoms with Crippen molar-refractivity contribution in [2.45, 2.75) is 38.1 Å². The Bertz CT molecular complexity index is 1690. The van der Waals surface area contributed by atoms with Crippen LogP contribution in [0.1, 0.15) is 54.4 Å². The molecule has 0 bridgehead atoms. The summed E-state index contributed by atoms with van der Waals surface area (Å²) < 4.78 is 1.69. The summed E-state index contributed by atoms with van der Waals surface area (Å²) in [6, 6.07) is 15.6. The van der Waals surface area contributed by atoms with E-state index in [1.165, 1.54) is 5.56 Å². The Morgan fingerprint density at radius 1 is 1.03 bits per heavy atom. The highest BCUT2D eigenvalue weighted by Gasteiger charge is 2.34. The van der Waals surface area contributed by atoms with Crippen molar-refractivity contribution in [1.82, 2.24) is 35.0 Å². The fourth-order valence-corrected chi connectivity index (χ4v) is 4.83. The molecule has 5 aromatic rings. The molecule has 4 aromatic heterocycles. The molecule has 1 fully saturated rings. The van der Waals surface area contributed by atoms with Gasteiger partial charge in [-0.2, -0.15) is 5.10 Å². The number of nitrogen functional groups attached to an aromatic ring is 1. The molecule has 0 saturated heterocycles. The molecule has 0 radical (unpaired) electrons. The molecule has 9 heteroatoms. The van der Waals surface area contributed by atoms with E-state index in [0.29, 0.717) is 23.0 Å². The third kappa shape index (κ3) is 4.36. The molecular weight excluding hydrogens is 476 g/mol. The third-order valence-corrected chi connectivity index (χ3v) is 6.84. The van der Waals surface area contributed by atoms with E-state index < -0.39 is 11.4 Å². The monoisotopic (exact) mass is 504 g/mol. The molecule has 1 saturated carbocycles. The first-order chi connectivity index (χ1) is 18.3. The Morgan fingerprint density at radius 3 is 2.58 bits per heavy atom. The van der Waals surface area contributed by atoms with Gasteiger partial charge in [-0.3, -0.25) is 19.4 Å². The number of carbonyl (C=O) groups excluding carboxylic acids is 1. The quantitative estimate of drug-likeness (QED) is 0.346. The number of hydrogen-bond acceptors (Lipinski definition) is 7. The minimum atomic E-state index is -0.737. The molecular formula is C29H28N8O. The summed E-state index contributed by atoms with van der Waals surface area (Å²) >= 11 is 0. The smallest absolute Gasteiger partial charge is 0.274 e. The van der Waals surface area contributed by atoms with Gasteiger partial charge in [0.05, 0.1) is 22.4 Å². The molecule has 0 unspecified atom stereocenters. The summed E-state index contributed by atoms with van der Waals surface area (Å²) in [6.07, 6.45) is 7.62. The van der Waals surface area contributed by atoms with Crippen LogP contribution < -0.4 is 11.1 Å². The summed E-state index contributed by atoms with van der Waals surface area (Å²) in [5.74, 6) is 0.115. The second-order valence-corrected chi connectivity index (χ2v) is 10.2. The van der Waals surface area contributed by atoms with E-state index in [9.17, 15) is 4.79 Å². The highest BCUT2D eigenvalue weighted by Crippen LogP contribution is 2.43. The van der Waals surface area contributed by atoms with E-state index >= 15 is 0 Å². The number of amides is 1. The zero-order valence-corrected chi connectivity index (χ0v) is 21.5. The number of hydrogen-bond donors (Lipinski definition) is 2. The van der Waals surface area contributed by atoms with Gasteiger partial charge in [-0.25, -0.2) is 9.97 Å². The lowest BCUT2D eigenvalue weighted by molar-refractivity contribution is 0.0905. The van der Waals surface area contributed by atoms with Crippen molar-refractivity contribution in [2.75, 3.05) is 5.73 Å². The maximum absolute atomic E-state index is 13.6. The van der Waals surface area contributed by atoms with Crippen molar-refractivity contribution < 1.29 is 4.79 Å². The first-order valence-electron chi connectivity index (χ1n) is 12.6. The Labute approximate surface area is 220 Å². The first kappa shape index (κ1) is 23.7. The van der Waals surface area contributed by atoms with Crippen LogP contribution in [0.4, 0.5) is 5.82 Å². The lowest BCUT2D eigenvalue weighted by atomic mass is 9.93. The van der Waals surface area contributed by atoms with Gasteiger partial charge in [0, 0.05) is 36.6 Å². The minimum absolute atomic E-state index is 0.0357. The van der Waals surface area contributed by atoms with Gasteiger partial charge in [-0.1, -0.05) is 18.2 Å². The Hall–Kier alpha value is -4.66. The van der Waals surface area contributed by atoms with Crippen LogP contribution in [0.5, 0.6) is 0 Å². The second kappa shape index (κ2) is 9.02. The fraction of sp³-hybridized carbons (Fsp3) is 0.241. The van der Waals surface area contributed by atoms with Crippen LogP contribution in [0.15, 0.2) is 67.1 Å². The average Bonchev–Trinajstić information content (AvgIpc) is 3.67. The number of rotatable bonds is 6. The molecule has 4 heterocycles. The van der Waals surface area contributed by atoms with Crippen molar-refractivity contribution in [3.63, 3.8) is 0 Å². The van der Waals surface area contributed by atoms with E-state index in [4.69, 9.17) is 10.7 Å². The van der Waals surface area contributed by atoms with Gasteiger partial charge in [0.1, 0.15) is 11.4 Å². The lowest BCUT2D eigenvalue weighted by Crippen LogP contribution is -2.43. The van der Waals surface area contributed by atoms with Crippen molar-refractivity contribution in [3.05, 3.63) is 84.1 Å². The van der Waals surface area contributed by atoms with Crippen LogP contribution in [0, 0.1) is 0 Å². The molecule has 0 aliphatic heterocycles. The predicted molar refractivity (Wildman–Crippen MR) is 146 cm³/mol. The van der Waals surface area contributed by atoms with Crippen molar-refractivity contribution in [3.8, 4) is 22.6 Å². The van der Waals surface area contributed by atoms with Gasteiger partial charge in [0.2, 0.25) is 0 Å². The summed E-state index contributed by atoms with van der Waals surface area (Å²) in [4.78, 5) is 32.1. The molecule has 3 N–H and O–H groups in total. The zero-order chi connectivity index (χ0) is 26.4. The fourth-order valence-electron chi connectivity index (χ4n) is 4.83. The number of nitrogens with one attached hydrogen (secondary N) is 1. The van der Waals surface area contributed by atoms with Crippen LogP contribution in [-0.2, 0) is 12.6 Å². The predicted octanol–water partition coefficient (Wildman–Crippen LogP) is 4.61. The Balaban J connectivity index is 1.43. The molecule has 9 nitrogen and oxygen atoms in total. The molecule has 1 amide bonds. The van der Waals surface area contributed by atoms with Gasteiger partial charge in [0.25, 0.3) is 5.91 Å². The van der Waals surface area contributed by atoms with Gasteiger partial charge in [0.15, 0.2) is 11.5 Å². The van der Waals surface area contributed by atoms with E-state index in [1.54, 1.807) is 17.1 Å². The number of nitrogens with zero attached hydrogens (tertiary/aromatic N) is 6. The number of fused-ring (bicyclic) bond motifs is 1. The van der Waals surface area contributed by atoms with Gasteiger partial charge >= 0.3 is 0 Å². The second-order valence-electron chi connectivity index (χ2n) is 10.2. The van der Waals surface area contributed by atoms with E-state index in [2.05, 4.69) is 31.4 Å². The van der Waals surface area contributed by atoms with E-state index in [-0.39, 0.29) is 11.5 Å².